The van der Waals surface area contributed by atoms with Crippen LogP contribution >= 0.6 is 0 Å². The normalized spacial score (nSPS) is 11.0. The van der Waals surface area contributed by atoms with Gasteiger partial charge in [0.2, 0.25) is 5.95 Å². The Morgan fingerprint density at radius 1 is 1.19 bits per heavy atom. The largest absolute Gasteiger partial charge is 0.494 e. The average Bonchev–Trinajstić information content (AvgIpc) is 3.32. The lowest BCUT2D eigenvalue weighted by molar-refractivity contribution is 0.340. The molecule has 0 unspecified atom stereocenters. The molecule has 2 N–H and O–H groups in total. The van der Waals surface area contributed by atoms with Crippen molar-refractivity contribution in [3.8, 4) is 11.4 Å². The highest BCUT2D eigenvalue weighted by molar-refractivity contribution is 5.71. The monoisotopic (exact) mass is 350 g/mol. The van der Waals surface area contributed by atoms with Crippen LogP contribution in [-0.2, 0) is 6.42 Å². The summed E-state index contributed by atoms with van der Waals surface area (Å²) in [6.45, 7) is 3.29. The Kier molecular flexibility index (Phi) is 4.42. The number of fused-ring (bicyclic) bond motifs is 1. The van der Waals surface area contributed by atoms with Gasteiger partial charge >= 0.3 is 0 Å². The molecule has 0 fully saturated rings. The SMILES string of the molecule is CCOc1ccc(-n2nnc3cnc(NCCc4cn[nH]c4)nc32)cc1. The molecule has 0 spiro atoms. The van der Waals surface area contributed by atoms with E-state index in [-0.39, 0.29) is 0 Å². The average molecular weight is 350 g/mol. The van der Waals surface area contributed by atoms with E-state index in [1.807, 2.05) is 37.4 Å². The van der Waals surface area contributed by atoms with Gasteiger partial charge in [-0.1, -0.05) is 5.21 Å². The van der Waals surface area contributed by atoms with Crippen LogP contribution in [0.3, 0.4) is 0 Å². The number of aromatic amines is 1. The molecule has 9 heteroatoms. The Bertz CT molecular complexity index is 978. The summed E-state index contributed by atoms with van der Waals surface area (Å²) in [7, 11) is 0. The molecule has 9 nitrogen and oxygen atoms in total. The third kappa shape index (κ3) is 3.32. The van der Waals surface area contributed by atoms with Crippen molar-refractivity contribution in [3.05, 3.63) is 48.4 Å². The zero-order valence-electron chi connectivity index (χ0n) is 14.3. The van der Waals surface area contributed by atoms with Gasteiger partial charge < -0.3 is 10.1 Å². The molecule has 3 heterocycles. The smallest absolute Gasteiger partial charge is 0.224 e. The topological polar surface area (TPSA) is 106 Å². The number of hydrogen-bond acceptors (Lipinski definition) is 7. The minimum absolute atomic E-state index is 0.537. The van der Waals surface area contributed by atoms with E-state index < -0.39 is 0 Å². The molecule has 26 heavy (non-hydrogen) atoms. The maximum atomic E-state index is 5.47. The maximum absolute atomic E-state index is 5.47. The fraction of sp³-hybridized carbons (Fsp3) is 0.235. The molecular formula is C17H18N8O. The molecule has 0 aliphatic rings. The Morgan fingerprint density at radius 3 is 2.85 bits per heavy atom. The zero-order chi connectivity index (χ0) is 17.8. The molecule has 0 saturated heterocycles. The van der Waals surface area contributed by atoms with Crippen LogP contribution in [0.25, 0.3) is 16.9 Å². The first kappa shape index (κ1) is 16.0. The number of nitrogens with one attached hydrogen (secondary N) is 2. The number of hydrogen-bond donors (Lipinski definition) is 2. The van der Waals surface area contributed by atoms with Gasteiger partial charge in [-0.2, -0.15) is 14.8 Å². The molecule has 0 aliphatic heterocycles. The van der Waals surface area contributed by atoms with Gasteiger partial charge in [-0.15, -0.1) is 5.10 Å². The molecule has 132 valence electrons. The van der Waals surface area contributed by atoms with Crippen LogP contribution in [0.1, 0.15) is 12.5 Å². The molecule has 0 saturated carbocycles. The summed E-state index contributed by atoms with van der Waals surface area (Å²) < 4.78 is 7.16. The van der Waals surface area contributed by atoms with Crippen LogP contribution in [0.2, 0.25) is 0 Å². The van der Waals surface area contributed by atoms with E-state index in [0.717, 1.165) is 23.4 Å². The van der Waals surface area contributed by atoms with Gasteiger partial charge in [-0.05, 0) is 43.2 Å². The molecule has 0 aliphatic carbocycles. The lowest BCUT2D eigenvalue weighted by Crippen LogP contribution is -2.08. The Hall–Kier alpha value is -3.49. The molecule has 4 aromatic rings. The van der Waals surface area contributed by atoms with Gasteiger partial charge in [0.25, 0.3) is 0 Å². The maximum Gasteiger partial charge on any atom is 0.224 e. The van der Waals surface area contributed by atoms with Crippen LogP contribution in [0.4, 0.5) is 5.95 Å². The van der Waals surface area contributed by atoms with E-state index in [0.29, 0.717) is 30.3 Å². The van der Waals surface area contributed by atoms with Crippen molar-refractivity contribution in [2.24, 2.45) is 0 Å². The van der Waals surface area contributed by atoms with Crippen molar-refractivity contribution >= 4 is 17.1 Å². The standard InChI is InChI=1S/C17H18N8O/c1-2-26-14-5-3-13(4-6-14)25-16-15(23-24-25)11-19-17(22-16)18-8-7-12-9-20-21-10-12/h3-6,9-11H,2,7-8H2,1H3,(H,20,21)(H,18,19,22). The lowest BCUT2D eigenvalue weighted by atomic mass is 10.2. The van der Waals surface area contributed by atoms with E-state index in [4.69, 9.17) is 4.74 Å². The summed E-state index contributed by atoms with van der Waals surface area (Å²) in [4.78, 5) is 8.84. The van der Waals surface area contributed by atoms with Gasteiger partial charge in [0.05, 0.1) is 24.7 Å². The number of ether oxygens (including phenoxy) is 1. The summed E-state index contributed by atoms with van der Waals surface area (Å²) in [5.41, 5.74) is 3.27. The van der Waals surface area contributed by atoms with Crippen LogP contribution in [-0.4, -0.2) is 48.3 Å². The highest BCUT2D eigenvalue weighted by Crippen LogP contribution is 2.18. The second kappa shape index (κ2) is 7.18. The molecule has 0 bridgehead atoms. The van der Waals surface area contributed by atoms with Gasteiger partial charge in [-0.25, -0.2) is 4.98 Å². The summed E-state index contributed by atoms with van der Waals surface area (Å²) in [6, 6.07) is 7.65. The molecule has 0 atom stereocenters. The molecule has 0 radical (unpaired) electrons. The number of nitrogens with zero attached hydrogens (tertiary/aromatic N) is 6. The highest BCUT2D eigenvalue weighted by Gasteiger charge is 2.10. The second-order valence-electron chi connectivity index (χ2n) is 5.61. The van der Waals surface area contributed by atoms with Crippen LogP contribution in [0, 0.1) is 0 Å². The van der Waals surface area contributed by atoms with Crippen molar-refractivity contribution in [1.29, 1.82) is 0 Å². The molecule has 0 amide bonds. The van der Waals surface area contributed by atoms with Gasteiger partial charge in [-0.3, -0.25) is 5.10 Å². The fourth-order valence-corrected chi connectivity index (χ4v) is 2.57. The summed E-state index contributed by atoms with van der Waals surface area (Å²) in [5, 5.41) is 18.3. The third-order valence-corrected chi connectivity index (χ3v) is 3.84. The summed E-state index contributed by atoms with van der Waals surface area (Å²) in [6.07, 6.45) is 6.17. The van der Waals surface area contributed by atoms with E-state index in [1.165, 1.54) is 0 Å². The zero-order valence-corrected chi connectivity index (χ0v) is 14.3. The molecule has 4 rings (SSSR count). The molecule has 3 aromatic heterocycles. The van der Waals surface area contributed by atoms with Crippen molar-refractivity contribution in [3.63, 3.8) is 0 Å². The Balaban J connectivity index is 1.54. The quantitative estimate of drug-likeness (QED) is 0.525. The Labute approximate surface area is 149 Å². The number of H-pyrrole nitrogens is 1. The second-order valence-corrected chi connectivity index (χ2v) is 5.61. The first-order chi connectivity index (χ1) is 12.8. The fourth-order valence-electron chi connectivity index (χ4n) is 2.57. The molecular weight excluding hydrogens is 332 g/mol. The van der Waals surface area contributed by atoms with E-state index in [1.54, 1.807) is 17.1 Å². The number of anilines is 1. The van der Waals surface area contributed by atoms with Crippen molar-refractivity contribution in [2.75, 3.05) is 18.5 Å². The van der Waals surface area contributed by atoms with Crippen LogP contribution in [0.15, 0.2) is 42.9 Å². The van der Waals surface area contributed by atoms with E-state index in [9.17, 15) is 0 Å². The predicted octanol–water partition coefficient (Wildman–Crippen LogP) is 1.99. The third-order valence-electron chi connectivity index (χ3n) is 3.84. The van der Waals surface area contributed by atoms with Crippen LogP contribution < -0.4 is 10.1 Å². The molecule has 1 aromatic carbocycles. The first-order valence-corrected chi connectivity index (χ1v) is 8.36. The van der Waals surface area contributed by atoms with Crippen molar-refractivity contribution in [2.45, 2.75) is 13.3 Å². The minimum Gasteiger partial charge on any atom is -0.494 e. The number of aromatic nitrogens is 7. The Morgan fingerprint density at radius 2 is 2.08 bits per heavy atom. The van der Waals surface area contributed by atoms with Crippen molar-refractivity contribution < 1.29 is 4.74 Å². The minimum atomic E-state index is 0.537. The van der Waals surface area contributed by atoms with Gasteiger partial charge in [0.15, 0.2) is 11.2 Å². The summed E-state index contributed by atoms with van der Waals surface area (Å²) in [5.74, 6) is 1.35. The summed E-state index contributed by atoms with van der Waals surface area (Å²) >= 11 is 0. The predicted molar refractivity (Wildman–Crippen MR) is 96.4 cm³/mol. The first-order valence-electron chi connectivity index (χ1n) is 8.36. The van der Waals surface area contributed by atoms with Crippen LogP contribution in [0.5, 0.6) is 5.75 Å². The van der Waals surface area contributed by atoms with E-state index >= 15 is 0 Å². The number of rotatable bonds is 7. The number of benzene rings is 1. The highest BCUT2D eigenvalue weighted by atomic mass is 16.5. The van der Waals surface area contributed by atoms with Gasteiger partial charge in [0.1, 0.15) is 5.75 Å². The van der Waals surface area contributed by atoms with Crippen molar-refractivity contribution in [1.82, 2.24) is 35.2 Å². The lowest BCUT2D eigenvalue weighted by Gasteiger charge is -2.06. The van der Waals surface area contributed by atoms with Gasteiger partial charge in [0, 0.05) is 12.7 Å². The van der Waals surface area contributed by atoms with E-state index in [2.05, 4.69) is 35.8 Å².